The first-order valence-corrected chi connectivity index (χ1v) is 13.4. The largest absolute Gasteiger partial charge is 0.464 e. The van der Waals surface area contributed by atoms with Crippen molar-refractivity contribution in [2.45, 2.75) is 38.5 Å². The van der Waals surface area contributed by atoms with Crippen LogP contribution < -0.4 is 14.8 Å². The van der Waals surface area contributed by atoms with Crippen molar-refractivity contribution in [3.63, 3.8) is 0 Å². The highest BCUT2D eigenvalue weighted by molar-refractivity contribution is 5.97. The van der Waals surface area contributed by atoms with Gasteiger partial charge in [-0.2, -0.15) is 0 Å². The molecule has 0 radical (unpaired) electrons. The molecule has 0 saturated carbocycles. The number of aryl methyl sites for hydroxylation is 1. The van der Waals surface area contributed by atoms with Crippen LogP contribution in [-0.4, -0.2) is 47.7 Å². The molecule has 2 amide bonds. The molecule has 2 aromatic heterocycles. The van der Waals surface area contributed by atoms with Gasteiger partial charge in [0.15, 0.2) is 17.5 Å². The molecule has 206 valence electrons. The summed E-state index contributed by atoms with van der Waals surface area (Å²) in [6.07, 6.45) is 1.81. The third-order valence-electron chi connectivity index (χ3n) is 7.17. The van der Waals surface area contributed by atoms with Crippen LogP contribution in [0.3, 0.4) is 0 Å². The highest BCUT2D eigenvalue weighted by atomic mass is 16.7. The van der Waals surface area contributed by atoms with Gasteiger partial charge in [-0.3, -0.25) is 9.59 Å². The second-order valence-electron chi connectivity index (χ2n) is 10.0. The van der Waals surface area contributed by atoms with E-state index in [2.05, 4.69) is 10.3 Å². The minimum absolute atomic E-state index is 0.0437. The average molecular weight is 542 g/mol. The summed E-state index contributed by atoms with van der Waals surface area (Å²) < 4.78 is 22.7. The Bertz CT molecular complexity index is 1490. The van der Waals surface area contributed by atoms with Crippen molar-refractivity contribution in [2.75, 3.05) is 19.9 Å². The Morgan fingerprint density at radius 2 is 1.88 bits per heavy atom. The summed E-state index contributed by atoms with van der Waals surface area (Å²) in [5.41, 5.74) is 2.91. The van der Waals surface area contributed by atoms with Crippen LogP contribution in [0, 0.1) is 6.92 Å². The van der Waals surface area contributed by atoms with Crippen molar-refractivity contribution in [1.29, 1.82) is 0 Å². The van der Waals surface area contributed by atoms with Gasteiger partial charge < -0.3 is 33.8 Å². The maximum atomic E-state index is 14.2. The fraction of sp³-hybridized carbons (Fsp3) is 0.290. The van der Waals surface area contributed by atoms with Crippen LogP contribution in [0.1, 0.15) is 46.5 Å². The quantitative estimate of drug-likeness (QED) is 0.309. The van der Waals surface area contributed by atoms with Crippen molar-refractivity contribution >= 4 is 11.8 Å². The number of amides is 2. The molecule has 9 nitrogen and oxygen atoms in total. The Hall–Kier alpha value is -4.50. The number of rotatable bonds is 9. The van der Waals surface area contributed by atoms with E-state index in [0.29, 0.717) is 41.9 Å². The van der Waals surface area contributed by atoms with Gasteiger partial charge in [0, 0.05) is 25.4 Å². The normalized spacial score (nSPS) is 16.6. The van der Waals surface area contributed by atoms with Gasteiger partial charge in [0.25, 0.3) is 11.8 Å². The van der Waals surface area contributed by atoms with Gasteiger partial charge in [0.05, 0.1) is 6.10 Å². The first-order chi connectivity index (χ1) is 19.5. The molecule has 6 rings (SSSR count). The molecule has 40 heavy (non-hydrogen) atoms. The van der Waals surface area contributed by atoms with Crippen LogP contribution in [0.2, 0.25) is 0 Å². The molecule has 4 heterocycles. The molecule has 2 aliphatic rings. The molecule has 2 atom stereocenters. The van der Waals surface area contributed by atoms with Crippen LogP contribution in [0.4, 0.5) is 0 Å². The summed E-state index contributed by atoms with van der Waals surface area (Å²) >= 11 is 0. The molecule has 2 aliphatic heterocycles. The minimum atomic E-state index is -1.02. The number of nitrogens with one attached hydrogen (secondary N) is 2. The van der Waals surface area contributed by atoms with Crippen molar-refractivity contribution in [2.24, 2.45) is 0 Å². The molecular formula is C31H31N3O6. The predicted molar refractivity (Wildman–Crippen MR) is 147 cm³/mol. The number of furan rings is 1. The zero-order chi connectivity index (χ0) is 27.5. The molecule has 9 heteroatoms. The van der Waals surface area contributed by atoms with Gasteiger partial charge in [-0.1, -0.05) is 36.4 Å². The average Bonchev–Trinajstić information content (AvgIpc) is 3.79. The van der Waals surface area contributed by atoms with E-state index < -0.39 is 6.04 Å². The number of benzene rings is 2. The molecule has 0 spiro atoms. The van der Waals surface area contributed by atoms with Crippen LogP contribution in [0.15, 0.2) is 77.2 Å². The van der Waals surface area contributed by atoms with Crippen LogP contribution in [-0.2, 0) is 16.1 Å². The summed E-state index contributed by atoms with van der Waals surface area (Å²) in [7, 11) is 0. The Morgan fingerprint density at radius 3 is 2.65 bits per heavy atom. The Morgan fingerprint density at radius 1 is 1.02 bits per heavy atom. The summed E-state index contributed by atoms with van der Waals surface area (Å²) in [5.74, 6) is 1.59. The predicted octanol–water partition coefficient (Wildman–Crippen LogP) is 4.99. The molecule has 1 fully saturated rings. The molecule has 0 bridgehead atoms. The highest BCUT2D eigenvalue weighted by Gasteiger charge is 2.36. The Kier molecular flexibility index (Phi) is 7.29. The number of hydrogen-bond donors (Lipinski definition) is 2. The van der Waals surface area contributed by atoms with Crippen molar-refractivity contribution in [1.82, 2.24) is 15.2 Å². The number of fused-ring (bicyclic) bond motifs is 1. The van der Waals surface area contributed by atoms with Crippen LogP contribution >= 0.6 is 0 Å². The topological polar surface area (TPSA) is 106 Å². The molecule has 4 aromatic rings. The van der Waals surface area contributed by atoms with E-state index in [1.165, 1.54) is 4.90 Å². The Labute approximate surface area is 232 Å². The van der Waals surface area contributed by atoms with Crippen molar-refractivity contribution < 1.29 is 28.2 Å². The zero-order valence-electron chi connectivity index (χ0n) is 22.2. The number of hydrogen-bond acceptors (Lipinski definition) is 6. The molecular weight excluding hydrogens is 510 g/mol. The number of nitrogens with zero attached hydrogens (tertiary/aromatic N) is 1. The van der Waals surface area contributed by atoms with E-state index in [9.17, 15) is 9.59 Å². The number of ether oxygens (including phenoxy) is 3. The van der Waals surface area contributed by atoms with E-state index in [0.717, 1.165) is 29.7 Å². The monoisotopic (exact) mass is 541 g/mol. The summed E-state index contributed by atoms with van der Waals surface area (Å²) in [5, 5.41) is 3.01. The SMILES string of the molecule is Cc1ccc([C@H](C(=O)NC[C@@H]2CCCO2)N(Cc2ccc3c(c2)OCO3)C(=O)c2ccc(-c3ccccc3)[nH]2)o1. The Balaban J connectivity index is 1.35. The van der Waals surface area contributed by atoms with Gasteiger partial charge in [-0.15, -0.1) is 0 Å². The molecule has 1 saturated heterocycles. The van der Waals surface area contributed by atoms with Crippen molar-refractivity contribution in [3.05, 3.63) is 95.6 Å². The standard InChI is InChI=1S/C31H31N3O6/c1-20-9-13-27(40-20)29(30(35)32-17-23-8-5-15-37-23)34(18-21-10-14-26-28(16-21)39-19-38-26)31(36)25-12-11-24(33-25)22-6-3-2-4-7-22/h2-4,6-7,9-14,16,23,29,33H,5,8,15,17-19H2,1H3,(H,32,35)/t23-,29+/m0/s1. The first kappa shape index (κ1) is 25.8. The number of carbonyl (C=O) groups is 2. The number of aromatic amines is 1. The minimum Gasteiger partial charge on any atom is -0.464 e. The van der Waals surface area contributed by atoms with E-state index in [1.54, 1.807) is 18.2 Å². The number of H-pyrrole nitrogens is 1. The summed E-state index contributed by atoms with van der Waals surface area (Å²) in [6.45, 7) is 3.14. The fourth-order valence-corrected chi connectivity index (χ4v) is 5.12. The lowest BCUT2D eigenvalue weighted by Gasteiger charge is -2.30. The van der Waals surface area contributed by atoms with Gasteiger partial charge in [0.2, 0.25) is 6.79 Å². The maximum absolute atomic E-state index is 14.2. The smallest absolute Gasteiger partial charge is 0.271 e. The van der Waals surface area contributed by atoms with Gasteiger partial charge in [-0.25, -0.2) is 0 Å². The molecule has 2 N–H and O–H groups in total. The third-order valence-corrected chi connectivity index (χ3v) is 7.17. The van der Waals surface area contributed by atoms with Crippen LogP contribution in [0.25, 0.3) is 11.3 Å². The second-order valence-corrected chi connectivity index (χ2v) is 10.0. The van der Waals surface area contributed by atoms with E-state index in [1.807, 2.05) is 61.5 Å². The fourth-order valence-electron chi connectivity index (χ4n) is 5.12. The highest BCUT2D eigenvalue weighted by Crippen LogP contribution is 2.34. The number of carbonyl (C=O) groups excluding carboxylic acids is 2. The lowest BCUT2D eigenvalue weighted by atomic mass is 10.1. The lowest BCUT2D eigenvalue weighted by Crippen LogP contribution is -2.45. The lowest BCUT2D eigenvalue weighted by molar-refractivity contribution is -0.127. The van der Waals surface area contributed by atoms with E-state index >= 15 is 0 Å². The maximum Gasteiger partial charge on any atom is 0.271 e. The summed E-state index contributed by atoms with van der Waals surface area (Å²) in [6, 6.07) is 21.4. The first-order valence-electron chi connectivity index (χ1n) is 13.4. The van der Waals surface area contributed by atoms with Crippen molar-refractivity contribution in [3.8, 4) is 22.8 Å². The van der Waals surface area contributed by atoms with E-state index in [4.69, 9.17) is 18.6 Å². The summed E-state index contributed by atoms with van der Waals surface area (Å²) in [4.78, 5) is 32.8. The number of aromatic nitrogens is 1. The van der Waals surface area contributed by atoms with Gasteiger partial charge in [0.1, 0.15) is 17.2 Å². The molecule has 0 unspecified atom stereocenters. The van der Waals surface area contributed by atoms with Gasteiger partial charge >= 0.3 is 0 Å². The van der Waals surface area contributed by atoms with E-state index in [-0.39, 0.29) is 31.3 Å². The zero-order valence-corrected chi connectivity index (χ0v) is 22.2. The van der Waals surface area contributed by atoms with Gasteiger partial charge in [-0.05, 0) is 67.3 Å². The molecule has 0 aliphatic carbocycles. The third kappa shape index (κ3) is 5.46. The second kappa shape index (κ2) is 11.3. The van der Waals surface area contributed by atoms with Crippen LogP contribution in [0.5, 0.6) is 11.5 Å². The molecule has 2 aromatic carbocycles.